The summed E-state index contributed by atoms with van der Waals surface area (Å²) in [6.45, 7) is 0. The summed E-state index contributed by atoms with van der Waals surface area (Å²) in [5.41, 5.74) is 6.32. The molecule has 0 amide bonds. The van der Waals surface area contributed by atoms with Crippen LogP contribution in [0, 0.1) is 0 Å². The molecule has 0 unspecified atom stereocenters. The van der Waals surface area contributed by atoms with Crippen LogP contribution in [0.1, 0.15) is 0 Å². The first-order valence-corrected chi connectivity index (χ1v) is 5.60. The topological polar surface area (TPSA) is 50.4 Å². The van der Waals surface area contributed by atoms with E-state index in [1.807, 2.05) is 24.5 Å². The van der Waals surface area contributed by atoms with Gasteiger partial charge in [0.1, 0.15) is 0 Å². The number of guanidine groups is 1. The summed E-state index contributed by atoms with van der Waals surface area (Å²) in [5, 5.41) is 3.55. The van der Waals surface area contributed by atoms with E-state index in [2.05, 4.69) is 10.3 Å². The zero-order valence-corrected chi connectivity index (χ0v) is 9.62. The Bertz CT molecular complexity index is 352. The molecule has 0 saturated carbocycles. The number of halogens is 1. The Hall–Kier alpha value is -0.870. The second kappa shape index (κ2) is 5.12. The standard InChI is InChI=1S/C9H12ClN3S/c1-12-9(11)13-8-5-6(14-2)3-4-7(8)10/h3-5H,1-2H3,(H3,11,12,13). The van der Waals surface area contributed by atoms with Gasteiger partial charge < -0.3 is 11.1 Å². The molecule has 0 heterocycles. The average molecular weight is 230 g/mol. The van der Waals surface area contributed by atoms with E-state index in [1.165, 1.54) is 0 Å². The number of thioether (sulfide) groups is 1. The van der Waals surface area contributed by atoms with E-state index >= 15 is 0 Å². The molecule has 0 aliphatic heterocycles. The maximum absolute atomic E-state index is 5.97. The van der Waals surface area contributed by atoms with Crippen LogP contribution >= 0.6 is 23.4 Å². The van der Waals surface area contributed by atoms with Gasteiger partial charge in [0.15, 0.2) is 5.96 Å². The van der Waals surface area contributed by atoms with Crippen molar-refractivity contribution in [2.45, 2.75) is 4.90 Å². The van der Waals surface area contributed by atoms with Crippen molar-refractivity contribution in [3.63, 3.8) is 0 Å². The lowest BCUT2D eigenvalue weighted by Crippen LogP contribution is -2.22. The molecule has 0 atom stereocenters. The molecule has 0 spiro atoms. The van der Waals surface area contributed by atoms with Gasteiger partial charge in [0.2, 0.25) is 0 Å². The number of hydrogen-bond donors (Lipinski definition) is 2. The third-order valence-electron chi connectivity index (χ3n) is 1.68. The van der Waals surface area contributed by atoms with E-state index in [0.29, 0.717) is 11.0 Å². The second-order valence-electron chi connectivity index (χ2n) is 2.58. The van der Waals surface area contributed by atoms with Crippen LogP contribution in [0.15, 0.2) is 28.1 Å². The number of nitrogens with zero attached hydrogens (tertiary/aromatic N) is 1. The van der Waals surface area contributed by atoms with Crippen molar-refractivity contribution in [2.24, 2.45) is 10.7 Å². The molecular weight excluding hydrogens is 218 g/mol. The van der Waals surface area contributed by atoms with E-state index in [-0.39, 0.29) is 0 Å². The number of anilines is 1. The Morgan fingerprint density at radius 3 is 2.86 bits per heavy atom. The summed E-state index contributed by atoms with van der Waals surface area (Å²) >= 11 is 7.62. The molecule has 0 bridgehead atoms. The number of hydrogen-bond acceptors (Lipinski definition) is 2. The molecule has 0 radical (unpaired) electrons. The minimum Gasteiger partial charge on any atom is -0.370 e. The Morgan fingerprint density at radius 2 is 2.29 bits per heavy atom. The molecule has 0 aromatic heterocycles. The van der Waals surface area contributed by atoms with E-state index in [1.54, 1.807) is 18.8 Å². The normalized spacial score (nSPS) is 11.5. The number of rotatable bonds is 2. The highest BCUT2D eigenvalue weighted by molar-refractivity contribution is 7.98. The fourth-order valence-corrected chi connectivity index (χ4v) is 1.53. The Kier molecular flexibility index (Phi) is 4.10. The number of aliphatic imine (C=N–C) groups is 1. The predicted octanol–water partition coefficient (Wildman–Crippen LogP) is 2.42. The van der Waals surface area contributed by atoms with Crippen LogP contribution in [0.2, 0.25) is 5.02 Å². The van der Waals surface area contributed by atoms with Crippen LogP contribution < -0.4 is 11.1 Å². The molecule has 0 saturated heterocycles. The fraction of sp³-hybridized carbons (Fsp3) is 0.222. The van der Waals surface area contributed by atoms with Crippen molar-refractivity contribution in [3.05, 3.63) is 23.2 Å². The average Bonchev–Trinajstić information content (AvgIpc) is 2.21. The van der Waals surface area contributed by atoms with Crippen LogP contribution in [0.5, 0.6) is 0 Å². The first-order chi connectivity index (χ1) is 6.67. The van der Waals surface area contributed by atoms with Crippen molar-refractivity contribution in [1.29, 1.82) is 0 Å². The minimum absolute atomic E-state index is 0.352. The van der Waals surface area contributed by atoms with Gasteiger partial charge in [0.25, 0.3) is 0 Å². The first kappa shape index (κ1) is 11.2. The molecule has 0 fully saturated rings. The first-order valence-electron chi connectivity index (χ1n) is 4.00. The Balaban J connectivity index is 2.95. The third-order valence-corrected chi connectivity index (χ3v) is 2.73. The van der Waals surface area contributed by atoms with Gasteiger partial charge in [-0.2, -0.15) is 0 Å². The summed E-state index contributed by atoms with van der Waals surface area (Å²) in [7, 11) is 1.62. The molecule has 0 aliphatic carbocycles. The fourth-order valence-electron chi connectivity index (χ4n) is 0.921. The van der Waals surface area contributed by atoms with Gasteiger partial charge in [-0.05, 0) is 24.5 Å². The smallest absolute Gasteiger partial charge is 0.192 e. The number of nitrogens with two attached hydrogens (primary N) is 1. The SMILES string of the molecule is CN=C(N)Nc1cc(SC)ccc1Cl. The molecule has 0 aliphatic rings. The highest BCUT2D eigenvalue weighted by Crippen LogP contribution is 2.26. The maximum atomic E-state index is 5.97. The summed E-state index contributed by atoms with van der Waals surface area (Å²) in [4.78, 5) is 4.92. The van der Waals surface area contributed by atoms with Crippen molar-refractivity contribution < 1.29 is 0 Å². The van der Waals surface area contributed by atoms with Crippen molar-refractivity contribution >= 4 is 35.0 Å². The zero-order valence-electron chi connectivity index (χ0n) is 8.04. The summed E-state index contributed by atoms with van der Waals surface area (Å²) in [6, 6.07) is 5.72. The van der Waals surface area contributed by atoms with Gasteiger partial charge >= 0.3 is 0 Å². The molecule has 1 rings (SSSR count). The molecule has 14 heavy (non-hydrogen) atoms. The van der Waals surface area contributed by atoms with Gasteiger partial charge in [0.05, 0.1) is 10.7 Å². The molecule has 1 aromatic carbocycles. The highest BCUT2D eigenvalue weighted by Gasteiger charge is 2.02. The summed E-state index contributed by atoms with van der Waals surface area (Å²) in [6.07, 6.45) is 2.00. The van der Waals surface area contributed by atoms with Crippen LogP contribution in [0.4, 0.5) is 5.69 Å². The zero-order chi connectivity index (χ0) is 10.6. The van der Waals surface area contributed by atoms with Gasteiger partial charge in [-0.25, -0.2) is 0 Å². The van der Waals surface area contributed by atoms with Crippen molar-refractivity contribution in [3.8, 4) is 0 Å². The van der Waals surface area contributed by atoms with E-state index in [4.69, 9.17) is 17.3 Å². The minimum atomic E-state index is 0.352. The molecule has 5 heteroatoms. The summed E-state index contributed by atoms with van der Waals surface area (Å²) < 4.78 is 0. The van der Waals surface area contributed by atoms with Crippen LogP contribution in [0.3, 0.4) is 0 Å². The lowest BCUT2D eigenvalue weighted by Gasteiger charge is -2.08. The van der Waals surface area contributed by atoms with Crippen molar-refractivity contribution in [1.82, 2.24) is 0 Å². The summed E-state index contributed by atoms with van der Waals surface area (Å²) in [5.74, 6) is 0.352. The lowest BCUT2D eigenvalue weighted by atomic mass is 10.3. The van der Waals surface area contributed by atoms with Gasteiger partial charge in [-0.3, -0.25) is 4.99 Å². The molecule has 3 N–H and O–H groups in total. The Labute approximate surface area is 92.7 Å². The molecular formula is C9H12ClN3S. The van der Waals surface area contributed by atoms with Crippen LogP contribution in [-0.4, -0.2) is 19.3 Å². The van der Waals surface area contributed by atoms with E-state index < -0.39 is 0 Å². The molecule has 3 nitrogen and oxygen atoms in total. The van der Waals surface area contributed by atoms with Crippen molar-refractivity contribution in [2.75, 3.05) is 18.6 Å². The number of nitrogens with one attached hydrogen (secondary N) is 1. The van der Waals surface area contributed by atoms with Crippen LogP contribution in [-0.2, 0) is 0 Å². The predicted molar refractivity (Wildman–Crippen MR) is 64.4 cm³/mol. The second-order valence-corrected chi connectivity index (χ2v) is 3.87. The van der Waals surface area contributed by atoms with Gasteiger partial charge in [-0.1, -0.05) is 11.6 Å². The third kappa shape index (κ3) is 2.82. The lowest BCUT2D eigenvalue weighted by molar-refractivity contribution is 1.37. The molecule has 76 valence electrons. The molecule has 1 aromatic rings. The Morgan fingerprint density at radius 1 is 1.57 bits per heavy atom. The van der Waals surface area contributed by atoms with Crippen LogP contribution in [0.25, 0.3) is 0 Å². The monoisotopic (exact) mass is 229 g/mol. The van der Waals surface area contributed by atoms with E-state index in [0.717, 1.165) is 10.6 Å². The van der Waals surface area contributed by atoms with E-state index in [9.17, 15) is 0 Å². The van der Waals surface area contributed by atoms with Gasteiger partial charge in [0, 0.05) is 11.9 Å². The highest BCUT2D eigenvalue weighted by atomic mass is 35.5. The number of benzene rings is 1. The maximum Gasteiger partial charge on any atom is 0.192 e. The van der Waals surface area contributed by atoms with Gasteiger partial charge in [-0.15, -0.1) is 11.8 Å². The quantitative estimate of drug-likeness (QED) is 0.465. The largest absolute Gasteiger partial charge is 0.370 e.